The average molecular weight is 317 g/mol. The fourth-order valence-electron chi connectivity index (χ4n) is 1.99. The van der Waals surface area contributed by atoms with E-state index in [9.17, 15) is 0 Å². The van der Waals surface area contributed by atoms with Gasteiger partial charge in [-0.3, -0.25) is 0 Å². The van der Waals surface area contributed by atoms with Gasteiger partial charge in [-0.05, 0) is 29.6 Å². The number of thiophene rings is 1. The van der Waals surface area contributed by atoms with E-state index in [1.807, 2.05) is 36.7 Å². The van der Waals surface area contributed by atoms with Crippen molar-refractivity contribution in [2.75, 3.05) is 19.5 Å². The minimum Gasteiger partial charge on any atom is -0.497 e. The van der Waals surface area contributed by atoms with Gasteiger partial charge >= 0.3 is 0 Å². The number of rotatable bonds is 5. The third-order valence-electron chi connectivity index (χ3n) is 3.02. The number of hydrogen-bond donors (Lipinski definition) is 1. The van der Waals surface area contributed by atoms with Crippen LogP contribution in [0.15, 0.2) is 40.6 Å². The second-order valence-corrected chi connectivity index (χ2v) is 6.29. The lowest BCUT2D eigenvalue weighted by Crippen LogP contribution is -1.99. The first-order valence-electron chi connectivity index (χ1n) is 6.49. The minimum absolute atomic E-state index is 0.732. The molecule has 2 aromatic heterocycles. The zero-order valence-corrected chi connectivity index (χ0v) is 13.4. The van der Waals surface area contributed by atoms with E-state index in [1.54, 1.807) is 30.2 Å². The topological polar surface area (TPSA) is 47.0 Å². The van der Waals surface area contributed by atoms with E-state index in [2.05, 4.69) is 21.4 Å². The van der Waals surface area contributed by atoms with Gasteiger partial charge in [0.15, 0.2) is 0 Å². The number of aromatic nitrogens is 2. The lowest BCUT2D eigenvalue weighted by molar-refractivity contribution is 0.413. The molecule has 0 saturated carbocycles. The predicted octanol–water partition coefficient (Wildman–Crippen LogP) is 4.03. The number of nitrogens with one attached hydrogen (secondary N) is 1. The summed E-state index contributed by atoms with van der Waals surface area (Å²) in [5, 5.41) is 6.26. The van der Waals surface area contributed by atoms with Gasteiger partial charge in [0.1, 0.15) is 22.2 Å². The Morgan fingerprint density at radius 3 is 3.00 bits per heavy atom. The maximum absolute atomic E-state index is 5.24. The van der Waals surface area contributed by atoms with Crippen molar-refractivity contribution in [3.63, 3.8) is 0 Å². The summed E-state index contributed by atoms with van der Waals surface area (Å²) in [5.74, 6) is 3.32. The van der Waals surface area contributed by atoms with Crippen LogP contribution in [0.5, 0.6) is 5.75 Å². The van der Waals surface area contributed by atoms with Crippen LogP contribution in [0.25, 0.3) is 10.2 Å². The first-order valence-corrected chi connectivity index (χ1v) is 8.35. The number of hydrogen-bond acceptors (Lipinski definition) is 6. The van der Waals surface area contributed by atoms with Gasteiger partial charge in [-0.1, -0.05) is 6.07 Å². The van der Waals surface area contributed by atoms with Crippen LogP contribution >= 0.6 is 23.1 Å². The molecule has 0 fully saturated rings. The number of anilines is 1. The van der Waals surface area contributed by atoms with E-state index < -0.39 is 0 Å². The molecule has 0 aliphatic heterocycles. The van der Waals surface area contributed by atoms with Crippen molar-refractivity contribution in [1.82, 2.24) is 9.97 Å². The van der Waals surface area contributed by atoms with Crippen LogP contribution in [0.1, 0.15) is 5.82 Å². The van der Waals surface area contributed by atoms with Crippen molar-refractivity contribution in [2.24, 2.45) is 0 Å². The van der Waals surface area contributed by atoms with Crippen LogP contribution in [-0.4, -0.2) is 24.1 Å². The Balaban J connectivity index is 1.81. The number of methoxy groups -OCH3 is 1. The molecular weight excluding hydrogens is 302 g/mol. The Morgan fingerprint density at radius 1 is 1.29 bits per heavy atom. The third kappa shape index (κ3) is 3.11. The molecule has 2 heterocycles. The Kier molecular flexibility index (Phi) is 4.26. The molecule has 3 rings (SSSR count). The van der Waals surface area contributed by atoms with E-state index in [1.165, 1.54) is 0 Å². The molecule has 3 aromatic rings. The Morgan fingerprint density at radius 2 is 2.19 bits per heavy atom. The molecule has 108 valence electrons. The quantitative estimate of drug-likeness (QED) is 0.720. The van der Waals surface area contributed by atoms with Gasteiger partial charge in [-0.25, -0.2) is 9.97 Å². The maximum Gasteiger partial charge on any atom is 0.142 e. The SMILES string of the molecule is CNc1nc(CSc2cccc(OC)c2)nc2sccc12. The molecule has 0 bridgehead atoms. The summed E-state index contributed by atoms with van der Waals surface area (Å²) in [6.07, 6.45) is 0. The molecule has 0 aliphatic carbocycles. The molecule has 1 aromatic carbocycles. The second-order valence-electron chi connectivity index (χ2n) is 4.35. The summed E-state index contributed by atoms with van der Waals surface area (Å²) in [4.78, 5) is 11.4. The fraction of sp³-hybridized carbons (Fsp3) is 0.200. The van der Waals surface area contributed by atoms with E-state index in [4.69, 9.17) is 4.74 Å². The van der Waals surface area contributed by atoms with Crippen molar-refractivity contribution in [3.8, 4) is 5.75 Å². The summed E-state index contributed by atoms with van der Waals surface area (Å²) >= 11 is 3.34. The van der Waals surface area contributed by atoms with E-state index >= 15 is 0 Å². The maximum atomic E-state index is 5.24. The van der Waals surface area contributed by atoms with Crippen LogP contribution in [0.4, 0.5) is 5.82 Å². The highest BCUT2D eigenvalue weighted by atomic mass is 32.2. The number of fused-ring (bicyclic) bond motifs is 1. The molecule has 0 spiro atoms. The van der Waals surface area contributed by atoms with Gasteiger partial charge in [-0.15, -0.1) is 23.1 Å². The number of ether oxygens (including phenoxy) is 1. The first kappa shape index (κ1) is 14.2. The smallest absolute Gasteiger partial charge is 0.142 e. The van der Waals surface area contributed by atoms with Crippen molar-refractivity contribution in [2.45, 2.75) is 10.6 Å². The summed E-state index contributed by atoms with van der Waals surface area (Å²) in [6, 6.07) is 10.1. The Hall–Kier alpha value is -1.79. The lowest BCUT2D eigenvalue weighted by Gasteiger charge is -2.06. The average Bonchev–Trinajstić information content (AvgIpc) is 3.00. The van der Waals surface area contributed by atoms with Crippen LogP contribution < -0.4 is 10.1 Å². The number of benzene rings is 1. The monoisotopic (exact) mass is 317 g/mol. The first-order chi connectivity index (χ1) is 10.3. The lowest BCUT2D eigenvalue weighted by atomic mass is 10.3. The van der Waals surface area contributed by atoms with E-state index in [0.717, 1.165) is 38.3 Å². The zero-order valence-electron chi connectivity index (χ0n) is 11.8. The molecule has 21 heavy (non-hydrogen) atoms. The highest BCUT2D eigenvalue weighted by molar-refractivity contribution is 7.98. The molecular formula is C15H15N3OS2. The normalized spacial score (nSPS) is 10.8. The zero-order chi connectivity index (χ0) is 14.7. The minimum atomic E-state index is 0.732. The van der Waals surface area contributed by atoms with E-state index in [-0.39, 0.29) is 0 Å². The number of thioether (sulfide) groups is 1. The molecule has 6 heteroatoms. The highest BCUT2D eigenvalue weighted by Gasteiger charge is 2.08. The predicted molar refractivity (Wildman–Crippen MR) is 89.5 cm³/mol. The Labute approximate surface area is 131 Å². The molecule has 0 radical (unpaired) electrons. The largest absolute Gasteiger partial charge is 0.497 e. The van der Waals surface area contributed by atoms with Gasteiger partial charge < -0.3 is 10.1 Å². The molecule has 0 unspecified atom stereocenters. The van der Waals surface area contributed by atoms with Crippen LogP contribution in [0.2, 0.25) is 0 Å². The van der Waals surface area contributed by atoms with Crippen molar-refractivity contribution in [3.05, 3.63) is 41.5 Å². The van der Waals surface area contributed by atoms with Crippen molar-refractivity contribution in [1.29, 1.82) is 0 Å². The summed E-state index contributed by atoms with van der Waals surface area (Å²) < 4.78 is 5.24. The second kappa shape index (κ2) is 6.32. The third-order valence-corrected chi connectivity index (χ3v) is 4.81. The van der Waals surface area contributed by atoms with E-state index in [0.29, 0.717) is 0 Å². The van der Waals surface area contributed by atoms with Crippen LogP contribution in [0.3, 0.4) is 0 Å². The van der Waals surface area contributed by atoms with Gasteiger partial charge in [0, 0.05) is 11.9 Å². The molecule has 0 saturated heterocycles. The molecule has 4 nitrogen and oxygen atoms in total. The van der Waals surface area contributed by atoms with Gasteiger partial charge in [0.25, 0.3) is 0 Å². The molecule has 0 amide bonds. The van der Waals surface area contributed by atoms with Gasteiger partial charge in [0.05, 0.1) is 18.2 Å². The standard InChI is InChI=1S/C15H15N3OS2/c1-16-14-12-6-7-20-15(12)18-13(17-14)9-21-11-5-3-4-10(8-11)19-2/h3-8H,9H2,1-2H3,(H,16,17,18). The van der Waals surface area contributed by atoms with Gasteiger partial charge in [0.2, 0.25) is 0 Å². The molecule has 1 N–H and O–H groups in total. The van der Waals surface area contributed by atoms with Crippen LogP contribution in [0, 0.1) is 0 Å². The highest BCUT2D eigenvalue weighted by Crippen LogP contribution is 2.28. The summed E-state index contributed by atoms with van der Waals surface area (Å²) in [5.41, 5.74) is 0. The van der Waals surface area contributed by atoms with Crippen LogP contribution in [-0.2, 0) is 5.75 Å². The molecule has 0 aliphatic rings. The number of nitrogens with zero attached hydrogens (tertiary/aromatic N) is 2. The van der Waals surface area contributed by atoms with Crippen molar-refractivity contribution < 1.29 is 4.74 Å². The van der Waals surface area contributed by atoms with Crippen molar-refractivity contribution >= 4 is 39.1 Å². The fourth-order valence-corrected chi connectivity index (χ4v) is 3.58. The molecule has 0 atom stereocenters. The summed E-state index contributed by atoms with van der Waals surface area (Å²) in [6.45, 7) is 0. The Bertz CT molecular complexity index is 758. The van der Waals surface area contributed by atoms with Gasteiger partial charge in [-0.2, -0.15) is 0 Å². The summed E-state index contributed by atoms with van der Waals surface area (Å²) in [7, 11) is 3.56.